The number of H-pyrrole nitrogens is 1. The molecule has 3 rings (SSSR count). The molecule has 2 N–H and O–H groups in total. The van der Waals surface area contributed by atoms with Crippen molar-refractivity contribution in [3.05, 3.63) is 17.0 Å². The Kier molecular flexibility index (Phi) is 3.21. The van der Waals surface area contributed by atoms with Crippen LogP contribution in [0.5, 0.6) is 0 Å². The highest BCUT2D eigenvalue weighted by atomic mass is 16.3. The Morgan fingerprint density at radius 3 is 2.68 bits per heavy atom. The first-order chi connectivity index (χ1) is 9.06. The molecule has 1 fully saturated rings. The van der Waals surface area contributed by atoms with Gasteiger partial charge in [-0.2, -0.15) is 5.10 Å². The van der Waals surface area contributed by atoms with E-state index in [1.807, 2.05) is 0 Å². The van der Waals surface area contributed by atoms with Gasteiger partial charge >= 0.3 is 0 Å². The number of hydrogen-bond donors (Lipinski definition) is 2. The van der Waals surface area contributed by atoms with Crippen molar-refractivity contribution in [1.82, 2.24) is 10.2 Å². The quantitative estimate of drug-likeness (QED) is 0.873. The summed E-state index contributed by atoms with van der Waals surface area (Å²) in [6.07, 6.45) is 3.94. The minimum Gasteiger partial charge on any atom is -0.392 e. The molecule has 0 aliphatic heterocycles. The highest BCUT2D eigenvalue weighted by Crippen LogP contribution is 2.36. The Balaban J connectivity index is 1.80. The topological polar surface area (TPSA) is 66.0 Å². The van der Waals surface area contributed by atoms with E-state index in [9.17, 15) is 9.90 Å². The number of aromatic amines is 1. The van der Waals surface area contributed by atoms with Crippen molar-refractivity contribution in [2.24, 2.45) is 17.8 Å². The van der Waals surface area contributed by atoms with Crippen LogP contribution in [0.2, 0.25) is 0 Å². The average Bonchev–Trinajstić information content (AvgIpc) is 3.12. The number of aromatic nitrogens is 2. The molecular formula is C15H22N2O2. The van der Waals surface area contributed by atoms with Gasteiger partial charge in [-0.25, -0.2) is 0 Å². The summed E-state index contributed by atoms with van der Waals surface area (Å²) in [6, 6.07) is 0. The van der Waals surface area contributed by atoms with Gasteiger partial charge in [-0.1, -0.05) is 13.8 Å². The smallest absolute Gasteiger partial charge is 0.166 e. The van der Waals surface area contributed by atoms with E-state index < -0.39 is 0 Å². The van der Waals surface area contributed by atoms with E-state index in [1.165, 1.54) is 0 Å². The van der Waals surface area contributed by atoms with Crippen LogP contribution < -0.4 is 0 Å². The average molecular weight is 262 g/mol. The maximum absolute atomic E-state index is 12.3. The number of aliphatic hydroxyl groups is 1. The second-order valence-corrected chi connectivity index (χ2v) is 6.47. The summed E-state index contributed by atoms with van der Waals surface area (Å²) in [5.74, 6) is 1.56. The van der Waals surface area contributed by atoms with Crippen LogP contribution in [-0.2, 0) is 12.8 Å². The fourth-order valence-corrected chi connectivity index (χ4v) is 3.04. The molecule has 0 spiro atoms. The van der Waals surface area contributed by atoms with Crippen LogP contribution in [0.1, 0.15) is 54.9 Å². The monoisotopic (exact) mass is 262 g/mol. The van der Waals surface area contributed by atoms with Gasteiger partial charge in [-0.05, 0) is 37.0 Å². The molecule has 0 bridgehead atoms. The lowest BCUT2D eigenvalue weighted by Crippen LogP contribution is -2.25. The molecule has 0 saturated heterocycles. The van der Waals surface area contributed by atoms with Crippen molar-refractivity contribution < 1.29 is 9.90 Å². The summed E-state index contributed by atoms with van der Waals surface area (Å²) in [5.41, 5.74) is 2.53. The third kappa shape index (κ3) is 2.46. The molecule has 104 valence electrons. The summed E-state index contributed by atoms with van der Waals surface area (Å²) in [7, 11) is 0. The number of aliphatic hydroxyl groups excluding tert-OH is 1. The first-order valence-corrected chi connectivity index (χ1v) is 7.33. The Bertz CT molecular complexity index is 488. The number of hydrogen-bond acceptors (Lipinski definition) is 3. The first kappa shape index (κ1) is 12.9. The molecule has 19 heavy (non-hydrogen) atoms. The molecule has 0 amide bonds. The number of ketones is 1. The summed E-state index contributed by atoms with van der Waals surface area (Å²) >= 11 is 0. The van der Waals surface area contributed by atoms with Crippen molar-refractivity contribution in [3.8, 4) is 0 Å². The minimum absolute atomic E-state index is 0.201. The summed E-state index contributed by atoms with van der Waals surface area (Å²) in [6.45, 7) is 4.33. The Morgan fingerprint density at radius 1 is 1.32 bits per heavy atom. The maximum atomic E-state index is 12.3. The fraction of sp³-hybridized carbons (Fsp3) is 0.733. The van der Waals surface area contributed by atoms with Gasteiger partial charge in [0.2, 0.25) is 0 Å². The van der Waals surface area contributed by atoms with Crippen molar-refractivity contribution >= 4 is 5.78 Å². The minimum atomic E-state index is -0.331. The van der Waals surface area contributed by atoms with Gasteiger partial charge in [0.1, 0.15) is 0 Å². The number of fused-ring (bicyclic) bond motifs is 1. The maximum Gasteiger partial charge on any atom is 0.166 e. The standard InChI is InChI=1S/C15H22N2O2/c1-8(2)10-5-11-15(14(19)6-10)12(17-16-11)7-13(18)9-3-4-9/h8-10,13,18H,3-7H2,1-2H3,(H,16,17). The molecule has 0 aromatic carbocycles. The van der Waals surface area contributed by atoms with Crippen LogP contribution in [0.25, 0.3) is 0 Å². The largest absolute Gasteiger partial charge is 0.392 e. The highest BCUT2D eigenvalue weighted by Gasteiger charge is 2.34. The second-order valence-electron chi connectivity index (χ2n) is 6.47. The van der Waals surface area contributed by atoms with E-state index in [0.717, 1.165) is 36.2 Å². The molecular weight excluding hydrogens is 240 g/mol. The zero-order valence-corrected chi connectivity index (χ0v) is 11.6. The molecule has 2 aliphatic carbocycles. The summed E-state index contributed by atoms with van der Waals surface area (Å²) in [5, 5.41) is 17.3. The summed E-state index contributed by atoms with van der Waals surface area (Å²) < 4.78 is 0. The molecule has 2 unspecified atom stereocenters. The zero-order chi connectivity index (χ0) is 13.6. The van der Waals surface area contributed by atoms with Crippen LogP contribution in [0.15, 0.2) is 0 Å². The lowest BCUT2D eigenvalue weighted by Gasteiger charge is -2.24. The number of nitrogens with one attached hydrogen (secondary N) is 1. The number of Topliss-reactive ketones (excluding diaryl/α,β-unsaturated/α-hetero) is 1. The van der Waals surface area contributed by atoms with Gasteiger partial charge < -0.3 is 5.11 Å². The van der Waals surface area contributed by atoms with Crippen LogP contribution in [0.4, 0.5) is 0 Å². The first-order valence-electron chi connectivity index (χ1n) is 7.33. The van der Waals surface area contributed by atoms with Gasteiger partial charge in [0, 0.05) is 18.5 Å². The molecule has 4 nitrogen and oxygen atoms in total. The molecule has 1 aromatic heterocycles. The van der Waals surface area contributed by atoms with Crippen molar-refractivity contribution in [3.63, 3.8) is 0 Å². The normalized spacial score (nSPS) is 24.6. The van der Waals surface area contributed by atoms with Crippen LogP contribution in [0.3, 0.4) is 0 Å². The van der Waals surface area contributed by atoms with Gasteiger partial charge in [-0.15, -0.1) is 0 Å². The van der Waals surface area contributed by atoms with Gasteiger partial charge in [0.05, 0.1) is 17.4 Å². The molecule has 2 atom stereocenters. The highest BCUT2D eigenvalue weighted by molar-refractivity contribution is 5.99. The molecule has 2 aliphatic rings. The van der Waals surface area contributed by atoms with Crippen LogP contribution >= 0.6 is 0 Å². The van der Waals surface area contributed by atoms with E-state index in [0.29, 0.717) is 30.6 Å². The molecule has 1 aromatic rings. The van der Waals surface area contributed by atoms with Crippen molar-refractivity contribution in [2.45, 2.75) is 52.1 Å². The molecule has 1 heterocycles. The van der Waals surface area contributed by atoms with E-state index in [4.69, 9.17) is 0 Å². The van der Waals surface area contributed by atoms with E-state index >= 15 is 0 Å². The third-order valence-corrected chi connectivity index (χ3v) is 4.62. The Morgan fingerprint density at radius 2 is 2.05 bits per heavy atom. The van der Waals surface area contributed by atoms with Gasteiger partial charge in [0.15, 0.2) is 5.78 Å². The molecule has 0 radical (unpaired) electrons. The van der Waals surface area contributed by atoms with E-state index in [2.05, 4.69) is 24.0 Å². The lowest BCUT2D eigenvalue weighted by molar-refractivity contribution is 0.0930. The number of rotatable bonds is 4. The number of carbonyl (C=O) groups is 1. The molecule has 1 saturated carbocycles. The van der Waals surface area contributed by atoms with E-state index in [1.54, 1.807) is 0 Å². The van der Waals surface area contributed by atoms with Crippen LogP contribution in [0, 0.1) is 17.8 Å². The Labute approximate surface area is 113 Å². The molecule has 4 heteroatoms. The van der Waals surface area contributed by atoms with Gasteiger partial charge in [0.25, 0.3) is 0 Å². The third-order valence-electron chi connectivity index (χ3n) is 4.62. The second kappa shape index (κ2) is 4.75. The predicted molar refractivity (Wildman–Crippen MR) is 72.0 cm³/mol. The Hall–Kier alpha value is -1.16. The number of nitrogens with zero attached hydrogens (tertiary/aromatic N) is 1. The van der Waals surface area contributed by atoms with E-state index in [-0.39, 0.29) is 11.9 Å². The van der Waals surface area contributed by atoms with Crippen molar-refractivity contribution in [2.75, 3.05) is 0 Å². The number of carbonyl (C=O) groups excluding carboxylic acids is 1. The van der Waals surface area contributed by atoms with Crippen LogP contribution in [-0.4, -0.2) is 27.2 Å². The van der Waals surface area contributed by atoms with Crippen molar-refractivity contribution in [1.29, 1.82) is 0 Å². The lowest BCUT2D eigenvalue weighted by atomic mass is 9.79. The zero-order valence-electron chi connectivity index (χ0n) is 11.6. The SMILES string of the molecule is CC(C)C1CC(=O)c2c(CC(O)C3CC3)n[nH]c2C1. The van der Waals surface area contributed by atoms with Gasteiger partial charge in [-0.3, -0.25) is 9.89 Å². The predicted octanol–water partition coefficient (Wildman–Crippen LogP) is 2.12. The fourth-order valence-electron chi connectivity index (χ4n) is 3.04. The summed E-state index contributed by atoms with van der Waals surface area (Å²) in [4.78, 5) is 12.3.